The van der Waals surface area contributed by atoms with E-state index in [1.807, 2.05) is 6.07 Å². The van der Waals surface area contributed by atoms with Crippen LogP contribution in [0.3, 0.4) is 0 Å². The number of amidine groups is 1. The highest BCUT2D eigenvalue weighted by atomic mass is 35.5. The van der Waals surface area contributed by atoms with Gasteiger partial charge in [0.2, 0.25) is 0 Å². The number of anilines is 1. The smallest absolute Gasteiger partial charge is 0.149 e. The van der Waals surface area contributed by atoms with Crippen LogP contribution in [-0.2, 0) is 5.60 Å². The summed E-state index contributed by atoms with van der Waals surface area (Å²) in [6.07, 6.45) is 8.45. The van der Waals surface area contributed by atoms with Crippen molar-refractivity contribution in [3.8, 4) is 0 Å². The highest BCUT2D eigenvalue weighted by Gasteiger charge is 2.48. The van der Waals surface area contributed by atoms with Crippen LogP contribution in [0.4, 0.5) is 5.69 Å². The van der Waals surface area contributed by atoms with Gasteiger partial charge in [-0.25, -0.2) is 0 Å². The molecule has 1 saturated carbocycles. The van der Waals surface area contributed by atoms with Crippen LogP contribution < -0.4 is 4.90 Å². The Labute approximate surface area is 138 Å². The average Bonchev–Trinajstić information content (AvgIpc) is 2.79. The van der Waals surface area contributed by atoms with Crippen molar-refractivity contribution >= 4 is 23.9 Å². The van der Waals surface area contributed by atoms with Crippen LogP contribution >= 0.6 is 12.4 Å². The zero-order valence-corrected chi connectivity index (χ0v) is 13.8. The molecular weight excluding hydrogens is 296 g/mol. The van der Waals surface area contributed by atoms with Gasteiger partial charge in [0.05, 0.1) is 0 Å². The number of aliphatic hydroxyl groups is 1. The Balaban J connectivity index is 0.00000144. The highest BCUT2D eigenvalue weighted by molar-refractivity contribution is 6.10. The molecule has 0 radical (unpaired) electrons. The number of nitrogens with zero attached hydrogens (tertiary/aromatic N) is 2. The van der Waals surface area contributed by atoms with Gasteiger partial charge in [0, 0.05) is 24.3 Å². The van der Waals surface area contributed by atoms with Crippen LogP contribution in [0.1, 0.15) is 50.5 Å². The quantitative estimate of drug-likeness (QED) is 0.897. The van der Waals surface area contributed by atoms with Gasteiger partial charge in [-0.2, -0.15) is 0 Å². The number of para-hydroxylation sites is 1. The molecule has 120 valence electrons. The summed E-state index contributed by atoms with van der Waals surface area (Å²) in [6.45, 7) is 1.84. The number of halogens is 1. The molecule has 4 rings (SSSR count). The van der Waals surface area contributed by atoms with Crippen LogP contribution in [-0.4, -0.2) is 24.0 Å². The summed E-state index contributed by atoms with van der Waals surface area (Å²) in [5.41, 5.74) is 1.41. The third-order valence-corrected chi connectivity index (χ3v) is 5.38. The molecule has 1 fully saturated rings. The van der Waals surface area contributed by atoms with Gasteiger partial charge in [-0.05, 0) is 24.8 Å². The molecule has 0 aromatic heterocycles. The van der Waals surface area contributed by atoms with Crippen LogP contribution in [0, 0.1) is 5.92 Å². The second-order valence-electron chi connectivity index (χ2n) is 6.80. The third kappa shape index (κ3) is 2.44. The van der Waals surface area contributed by atoms with E-state index in [1.165, 1.54) is 37.8 Å². The Morgan fingerprint density at radius 2 is 1.91 bits per heavy atom. The fraction of sp³-hybridized carbons (Fsp3) is 0.611. The molecule has 2 heterocycles. The van der Waals surface area contributed by atoms with E-state index in [0.717, 1.165) is 37.3 Å². The fourth-order valence-corrected chi connectivity index (χ4v) is 4.38. The lowest BCUT2D eigenvalue weighted by Crippen LogP contribution is -2.44. The summed E-state index contributed by atoms with van der Waals surface area (Å²) >= 11 is 0. The van der Waals surface area contributed by atoms with Crippen LogP contribution in [0.15, 0.2) is 29.3 Å². The van der Waals surface area contributed by atoms with Gasteiger partial charge in [0.25, 0.3) is 0 Å². The molecule has 3 nitrogen and oxygen atoms in total. The largest absolute Gasteiger partial charge is 0.377 e. The number of hydrogen-bond acceptors (Lipinski definition) is 3. The van der Waals surface area contributed by atoms with E-state index in [2.05, 4.69) is 23.1 Å². The topological polar surface area (TPSA) is 35.8 Å². The van der Waals surface area contributed by atoms with Crippen molar-refractivity contribution in [2.24, 2.45) is 10.9 Å². The Kier molecular flexibility index (Phi) is 4.47. The maximum atomic E-state index is 11.5. The molecule has 0 spiro atoms. The van der Waals surface area contributed by atoms with E-state index in [0.29, 0.717) is 5.92 Å². The van der Waals surface area contributed by atoms with E-state index >= 15 is 0 Å². The minimum absolute atomic E-state index is 0. The van der Waals surface area contributed by atoms with Crippen molar-refractivity contribution < 1.29 is 5.11 Å². The summed E-state index contributed by atoms with van der Waals surface area (Å²) in [5, 5.41) is 11.5. The lowest BCUT2D eigenvalue weighted by molar-refractivity contribution is 0.0748. The Bertz CT molecular complexity index is 568. The molecule has 0 bridgehead atoms. The molecule has 1 aromatic rings. The summed E-state index contributed by atoms with van der Waals surface area (Å²) in [5.74, 6) is 1.56. The van der Waals surface area contributed by atoms with Crippen LogP contribution in [0.2, 0.25) is 0 Å². The minimum Gasteiger partial charge on any atom is -0.377 e. The van der Waals surface area contributed by atoms with Crippen molar-refractivity contribution in [1.82, 2.24) is 0 Å². The van der Waals surface area contributed by atoms with Crippen LogP contribution in [0.5, 0.6) is 0 Å². The monoisotopic (exact) mass is 320 g/mol. The van der Waals surface area contributed by atoms with Crippen molar-refractivity contribution in [2.45, 2.75) is 50.5 Å². The number of benzene rings is 1. The summed E-state index contributed by atoms with van der Waals surface area (Å²) in [4.78, 5) is 6.97. The molecule has 2 aliphatic heterocycles. The number of hydrogen-bond donors (Lipinski definition) is 1. The molecule has 1 aromatic carbocycles. The molecule has 0 saturated heterocycles. The Morgan fingerprint density at radius 1 is 1.14 bits per heavy atom. The van der Waals surface area contributed by atoms with Crippen molar-refractivity contribution in [1.29, 1.82) is 0 Å². The lowest BCUT2D eigenvalue weighted by atomic mass is 9.78. The van der Waals surface area contributed by atoms with Crippen molar-refractivity contribution in [3.63, 3.8) is 0 Å². The number of rotatable bonds is 2. The van der Waals surface area contributed by atoms with Gasteiger partial charge in [0.15, 0.2) is 0 Å². The van der Waals surface area contributed by atoms with Crippen LogP contribution in [0.25, 0.3) is 0 Å². The van der Waals surface area contributed by atoms with Gasteiger partial charge in [-0.1, -0.05) is 50.3 Å². The Hall–Kier alpha value is -1.06. The van der Waals surface area contributed by atoms with E-state index in [9.17, 15) is 5.11 Å². The minimum atomic E-state index is -0.848. The molecule has 0 amide bonds. The molecule has 1 unspecified atom stereocenters. The normalized spacial score (nSPS) is 27.7. The van der Waals surface area contributed by atoms with E-state index in [-0.39, 0.29) is 12.4 Å². The van der Waals surface area contributed by atoms with E-state index in [4.69, 9.17) is 4.99 Å². The van der Waals surface area contributed by atoms with Gasteiger partial charge < -0.3 is 10.0 Å². The molecule has 22 heavy (non-hydrogen) atoms. The number of fused-ring (bicyclic) bond motifs is 3. The van der Waals surface area contributed by atoms with Gasteiger partial charge >= 0.3 is 0 Å². The number of aliphatic imine (C=N–C) groups is 1. The van der Waals surface area contributed by atoms with Gasteiger partial charge in [0.1, 0.15) is 11.4 Å². The summed E-state index contributed by atoms with van der Waals surface area (Å²) < 4.78 is 0. The Morgan fingerprint density at radius 3 is 2.73 bits per heavy atom. The first kappa shape index (κ1) is 15.8. The SMILES string of the molecule is Cl.OC1(CC2CCCCC2)C2=NCCCN2c2ccccc21. The zero-order valence-electron chi connectivity index (χ0n) is 13.0. The molecule has 1 aliphatic carbocycles. The first-order valence-electron chi connectivity index (χ1n) is 8.43. The second kappa shape index (κ2) is 6.21. The maximum absolute atomic E-state index is 11.5. The van der Waals surface area contributed by atoms with E-state index in [1.54, 1.807) is 0 Å². The summed E-state index contributed by atoms with van der Waals surface area (Å²) in [6, 6.07) is 8.34. The molecule has 3 aliphatic rings. The highest BCUT2D eigenvalue weighted by Crippen LogP contribution is 2.47. The summed E-state index contributed by atoms with van der Waals surface area (Å²) in [7, 11) is 0. The first-order chi connectivity index (χ1) is 10.3. The zero-order chi connectivity index (χ0) is 14.3. The van der Waals surface area contributed by atoms with Gasteiger partial charge in [-0.15, -0.1) is 12.4 Å². The molecule has 1 N–H and O–H groups in total. The third-order valence-electron chi connectivity index (χ3n) is 5.38. The first-order valence-corrected chi connectivity index (χ1v) is 8.43. The van der Waals surface area contributed by atoms with Crippen molar-refractivity contribution in [2.75, 3.05) is 18.0 Å². The molecule has 4 heteroatoms. The predicted molar refractivity (Wildman–Crippen MR) is 93.0 cm³/mol. The molecular formula is C18H25ClN2O. The predicted octanol–water partition coefficient (Wildman–Crippen LogP) is 3.89. The lowest BCUT2D eigenvalue weighted by Gasteiger charge is -2.34. The molecule has 1 atom stereocenters. The fourth-order valence-electron chi connectivity index (χ4n) is 4.38. The van der Waals surface area contributed by atoms with E-state index < -0.39 is 5.60 Å². The second-order valence-corrected chi connectivity index (χ2v) is 6.80. The standard InChI is InChI=1S/C18H24N2O.ClH/c21-18(13-14-7-2-1-3-8-14)15-9-4-5-10-16(15)20-12-6-11-19-17(18)20;/h4-5,9-10,14,21H,1-3,6-8,11-13H2;1H. The van der Waals surface area contributed by atoms with Gasteiger partial charge in [-0.3, -0.25) is 4.99 Å². The van der Waals surface area contributed by atoms with Crippen molar-refractivity contribution in [3.05, 3.63) is 29.8 Å². The average molecular weight is 321 g/mol. The maximum Gasteiger partial charge on any atom is 0.149 e.